The predicted molar refractivity (Wildman–Crippen MR) is 80.9 cm³/mol. The highest BCUT2D eigenvalue weighted by molar-refractivity contribution is 7.89. The van der Waals surface area contributed by atoms with Crippen LogP contribution in [0.1, 0.15) is 31.9 Å². The Morgan fingerprint density at radius 1 is 1.38 bits per heavy atom. The lowest BCUT2D eigenvalue weighted by atomic mass is 10.1. The molecule has 0 saturated carbocycles. The molecule has 118 valence electrons. The zero-order valence-electron chi connectivity index (χ0n) is 12.9. The van der Waals surface area contributed by atoms with E-state index in [4.69, 9.17) is 5.11 Å². The van der Waals surface area contributed by atoms with Crippen LogP contribution in [-0.4, -0.2) is 29.9 Å². The van der Waals surface area contributed by atoms with Crippen LogP contribution in [0, 0.1) is 12.7 Å². The Balaban J connectivity index is 3.55. The summed E-state index contributed by atoms with van der Waals surface area (Å²) in [6, 6.07) is 2.46. The number of benzene rings is 1. The fourth-order valence-corrected chi connectivity index (χ4v) is 4.08. The molecule has 0 saturated heterocycles. The summed E-state index contributed by atoms with van der Waals surface area (Å²) in [5.41, 5.74) is -0.403. The maximum Gasteiger partial charge on any atom is 0.244 e. The average molecular weight is 315 g/mol. The number of hydrogen-bond acceptors (Lipinski definition) is 3. The van der Waals surface area contributed by atoms with Crippen molar-refractivity contribution < 1.29 is 17.9 Å². The third kappa shape index (κ3) is 3.70. The van der Waals surface area contributed by atoms with Crippen LogP contribution in [0.5, 0.6) is 0 Å². The molecule has 0 unspecified atom stereocenters. The average Bonchev–Trinajstić information content (AvgIpc) is 2.37. The van der Waals surface area contributed by atoms with Gasteiger partial charge in [0.15, 0.2) is 0 Å². The Morgan fingerprint density at radius 3 is 2.38 bits per heavy atom. The summed E-state index contributed by atoms with van der Waals surface area (Å²) in [6.45, 7) is 9.97. The Hall–Kier alpha value is -1.24. The second kappa shape index (κ2) is 6.25. The molecule has 4 nitrogen and oxygen atoms in total. The van der Waals surface area contributed by atoms with Crippen molar-refractivity contribution in [2.75, 3.05) is 6.54 Å². The minimum atomic E-state index is -3.90. The third-order valence-electron chi connectivity index (χ3n) is 3.15. The Labute approximate surface area is 126 Å². The molecule has 0 atom stereocenters. The van der Waals surface area contributed by atoms with E-state index in [0.29, 0.717) is 0 Å². The lowest BCUT2D eigenvalue weighted by molar-refractivity contribution is 0.269. The minimum absolute atomic E-state index is 0.0468. The summed E-state index contributed by atoms with van der Waals surface area (Å²) in [5.74, 6) is -0.646. The van der Waals surface area contributed by atoms with Gasteiger partial charge in [0.1, 0.15) is 5.82 Å². The largest absolute Gasteiger partial charge is 0.392 e. The monoisotopic (exact) mass is 315 g/mol. The molecule has 0 aliphatic heterocycles. The Bertz CT molecular complexity index is 633. The van der Waals surface area contributed by atoms with E-state index in [9.17, 15) is 12.8 Å². The summed E-state index contributed by atoms with van der Waals surface area (Å²) >= 11 is 0. The van der Waals surface area contributed by atoms with Crippen molar-refractivity contribution in [2.45, 2.75) is 44.7 Å². The highest BCUT2D eigenvalue weighted by Gasteiger charge is 2.34. The summed E-state index contributed by atoms with van der Waals surface area (Å²) in [7, 11) is -3.90. The van der Waals surface area contributed by atoms with Crippen LogP contribution in [0.25, 0.3) is 0 Å². The fraction of sp³-hybridized carbons (Fsp3) is 0.467. The number of rotatable bonds is 5. The summed E-state index contributed by atoms with van der Waals surface area (Å²) in [5, 5.41) is 9.15. The first kappa shape index (κ1) is 17.8. The van der Waals surface area contributed by atoms with E-state index in [2.05, 4.69) is 6.58 Å². The van der Waals surface area contributed by atoms with Gasteiger partial charge in [0.25, 0.3) is 0 Å². The molecule has 0 heterocycles. The van der Waals surface area contributed by atoms with E-state index in [1.807, 2.05) is 0 Å². The van der Waals surface area contributed by atoms with Crippen molar-refractivity contribution in [3.05, 3.63) is 41.7 Å². The van der Waals surface area contributed by atoms with Crippen molar-refractivity contribution in [1.29, 1.82) is 0 Å². The zero-order chi connectivity index (χ0) is 16.4. The number of aliphatic hydroxyl groups is 1. The van der Waals surface area contributed by atoms with Crippen LogP contribution < -0.4 is 0 Å². The third-order valence-corrected chi connectivity index (χ3v) is 5.41. The van der Waals surface area contributed by atoms with Gasteiger partial charge in [-0.3, -0.25) is 0 Å². The standard InChI is InChI=1S/C15H22FNO3S/c1-6-7-17(15(3,4)5)21(19,20)14-9-12(10-18)8-13(16)11(14)2/h6,8-9,18H,1,7,10H2,2-5H3. The van der Waals surface area contributed by atoms with Crippen molar-refractivity contribution in [1.82, 2.24) is 4.31 Å². The van der Waals surface area contributed by atoms with Crippen LogP contribution in [0.4, 0.5) is 4.39 Å². The van der Waals surface area contributed by atoms with Gasteiger partial charge in [-0.05, 0) is 45.4 Å². The number of halogens is 1. The van der Waals surface area contributed by atoms with Crippen LogP contribution in [0.2, 0.25) is 0 Å². The van der Waals surface area contributed by atoms with Gasteiger partial charge in [-0.25, -0.2) is 12.8 Å². The molecule has 1 aromatic rings. The maximum absolute atomic E-state index is 13.9. The zero-order valence-corrected chi connectivity index (χ0v) is 13.7. The number of aliphatic hydroxyl groups excluding tert-OH is 1. The Kier molecular flexibility index (Phi) is 5.30. The highest BCUT2D eigenvalue weighted by atomic mass is 32.2. The van der Waals surface area contributed by atoms with E-state index < -0.39 is 28.0 Å². The minimum Gasteiger partial charge on any atom is -0.392 e. The summed E-state index contributed by atoms with van der Waals surface area (Å²) < 4.78 is 40.8. The molecule has 0 radical (unpaired) electrons. The van der Waals surface area contributed by atoms with Crippen molar-refractivity contribution >= 4 is 10.0 Å². The molecule has 0 amide bonds. The van der Waals surface area contributed by atoms with Crippen LogP contribution in [-0.2, 0) is 16.6 Å². The molecule has 0 aliphatic rings. The van der Waals surface area contributed by atoms with Gasteiger partial charge in [-0.2, -0.15) is 4.31 Å². The molecular formula is C15H22FNO3S. The van der Waals surface area contributed by atoms with E-state index >= 15 is 0 Å². The fourth-order valence-electron chi connectivity index (χ4n) is 2.03. The molecule has 0 aliphatic carbocycles. The van der Waals surface area contributed by atoms with Gasteiger partial charge >= 0.3 is 0 Å². The van der Waals surface area contributed by atoms with E-state index in [-0.39, 0.29) is 22.6 Å². The van der Waals surface area contributed by atoms with Crippen LogP contribution in [0.3, 0.4) is 0 Å². The first-order valence-electron chi connectivity index (χ1n) is 6.59. The molecule has 0 bridgehead atoms. The second-order valence-electron chi connectivity index (χ2n) is 5.85. The molecule has 0 aromatic heterocycles. The lowest BCUT2D eigenvalue weighted by Crippen LogP contribution is -2.45. The number of nitrogens with zero attached hydrogens (tertiary/aromatic N) is 1. The predicted octanol–water partition coefficient (Wildman–Crippen LogP) is 2.60. The van der Waals surface area contributed by atoms with Crippen molar-refractivity contribution in [3.63, 3.8) is 0 Å². The van der Waals surface area contributed by atoms with Crippen molar-refractivity contribution in [3.8, 4) is 0 Å². The highest BCUT2D eigenvalue weighted by Crippen LogP contribution is 2.28. The molecule has 0 fully saturated rings. The van der Waals surface area contributed by atoms with Gasteiger partial charge in [0.2, 0.25) is 10.0 Å². The lowest BCUT2D eigenvalue weighted by Gasteiger charge is -2.34. The van der Waals surface area contributed by atoms with Gasteiger partial charge in [0, 0.05) is 17.6 Å². The summed E-state index contributed by atoms with van der Waals surface area (Å²) in [6.07, 6.45) is 1.49. The molecule has 1 aromatic carbocycles. The first-order chi connectivity index (χ1) is 9.55. The van der Waals surface area contributed by atoms with Crippen LogP contribution in [0.15, 0.2) is 29.7 Å². The molecule has 1 rings (SSSR count). The van der Waals surface area contributed by atoms with Crippen LogP contribution >= 0.6 is 0 Å². The molecule has 21 heavy (non-hydrogen) atoms. The topological polar surface area (TPSA) is 57.6 Å². The number of sulfonamides is 1. The maximum atomic E-state index is 13.9. The van der Waals surface area contributed by atoms with E-state index in [1.165, 1.54) is 23.4 Å². The van der Waals surface area contributed by atoms with Gasteiger partial charge < -0.3 is 5.11 Å². The quantitative estimate of drug-likeness (QED) is 0.850. The Morgan fingerprint density at radius 2 is 1.95 bits per heavy atom. The second-order valence-corrected chi connectivity index (χ2v) is 7.69. The SMILES string of the molecule is C=CCN(C(C)(C)C)S(=O)(=O)c1cc(CO)cc(F)c1C. The smallest absolute Gasteiger partial charge is 0.244 e. The number of hydrogen-bond donors (Lipinski definition) is 1. The molecule has 0 spiro atoms. The molecule has 1 N–H and O–H groups in total. The molecular weight excluding hydrogens is 293 g/mol. The van der Waals surface area contributed by atoms with Gasteiger partial charge in [-0.1, -0.05) is 6.08 Å². The van der Waals surface area contributed by atoms with E-state index in [0.717, 1.165) is 6.07 Å². The normalized spacial score (nSPS) is 12.7. The van der Waals surface area contributed by atoms with E-state index in [1.54, 1.807) is 20.8 Å². The molecule has 6 heteroatoms. The summed E-state index contributed by atoms with van der Waals surface area (Å²) in [4.78, 5) is -0.122. The first-order valence-corrected chi connectivity index (χ1v) is 8.03. The van der Waals surface area contributed by atoms with Gasteiger partial charge in [0.05, 0.1) is 11.5 Å². The van der Waals surface area contributed by atoms with Crippen molar-refractivity contribution in [2.24, 2.45) is 0 Å². The van der Waals surface area contributed by atoms with Gasteiger partial charge in [-0.15, -0.1) is 6.58 Å².